The Labute approximate surface area is 86.0 Å². The third kappa shape index (κ3) is 1.90. The van der Waals surface area contributed by atoms with Gasteiger partial charge in [0.15, 0.2) is 0 Å². The highest BCUT2D eigenvalue weighted by Gasteiger charge is 2.03. The van der Waals surface area contributed by atoms with Crippen molar-refractivity contribution in [2.75, 3.05) is 0 Å². The maximum atomic E-state index is 10.9. The van der Waals surface area contributed by atoms with Crippen molar-refractivity contribution in [1.29, 1.82) is 0 Å². The third-order valence-electron chi connectivity index (χ3n) is 1.87. The van der Waals surface area contributed by atoms with Gasteiger partial charge in [0.2, 0.25) is 0 Å². The van der Waals surface area contributed by atoms with Crippen LogP contribution in [-0.2, 0) is 11.2 Å². The predicted molar refractivity (Wildman–Crippen MR) is 55.8 cm³/mol. The molecule has 2 aromatic heterocycles. The predicted octanol–water partition coefficient (Wildman–Crippen LogP) is 2.07. The molecule has 0 unspecified atom stereocenters. The lowest BCUT2D eigenvalue weighted by atomic mass is 10.2. The molecule has 3 nitrogen and oxygen atoms in total. The fraction of sp³-hybridized carbons (Fsp3) is 0.200. The number of ketones is 1. The van der Waals surface area contributed by atoms with Gasteiger partial charge >= 0.3 is 0 Å². The number of imidazole rings is 1. The van der Waals surface area contributed by atoms with Crippen molar-refractivity contribution in [1.82, 2.24) is 9.55 Å². The number of rotatable bonds is 3. The first-order valence-corrected chi connectivity index (χ1v) is 5.19. The highest BCUT2D eigenvalue weighted by Crippen LogP contribution is 2.18. The molecule has 0 amide bonds. The molecule has 0 N–H and O–H groups in total. The van der Waals surface area contributed by atoms with Crippen molar-refractivity contribution < 1.29 is 4.79 Å². The fourth-order valence-electron chi connectivity index (χ4n) is 1.25. The van der Waals surface area contributed by atoms with Crippen LogP contribution in [0.25, 0.3) is 5.69 Å². The van der Waals surface area contributed by atoms with Gasteiger partial charge in [-0.1, -0.05) is 0 Å². The Morgan fingerprint density at radius 1 is 1.64 bits per heavy atom. The second-order valence-corrected chi connectivity index (χ2v) is 4.12. The molecule has 72 valence electrons. The summed E-state index contributed by atoms with van der Waals surface area (Å²) in [6.07, 6.45) is 5.90. The van der Waals surface area contributed by atoms with Crippen molar-refractivity contribution in [3.63, 3.8) is 0 Å². The van der Waals surface area contributed by atoms with Crippen LogP contribution >= 0.6 is 11.3 Å². The van der Waals surface area contributed by atoms with Gasteiger partial charge in [-0.25, -0.2) is 4.98 Å². The Hall–Kier alpha value is -1.42. The summed E-state index contributed by atoms with van der Waals surface area (Å²) in [4.78, 5) is 16.0. The summed E-state index contributed by atoms with van der Waals surface area (Å²) in [7, 11) is 0. The molecule has 2 aromatic rings. The van der Waals surface area contributed by atoms with Gasteiger partial charge in [-0.05, 0) is 13.0 Å². The van der Waals surface area contributed by atoms with E-state index in [0.29, 0.717) is 6.42 Å². The summed E-state index contributed by atoms with van der Waals surface area (Å²) in [6, 6.07) is 2.02. The summed E-state index contributed by atoms with van der Waals surface area (Å²) in [5, 5.41) is 2.03. The van der Waals surface area contributed by atoms with E-state index in [1.165, 1.54) is 0 Å². The van der Waals surface area contributed by atoms with E-state index in [4.69, 9.17) is 0 Å². The molecule has 0 bridgehead atoms. The van der Waals surface area contributed by atoms with Crippen molar-refractivity contribution in [2.24, 2.45) is 0 Å². The topological polar surface area (TPSA) is 34.9 Å². The van der Waals surface area contributed by atoms with Crippen molar-refractivity contribution in [3.8, 4) is 5.69 Å². The zero-order valence-corrected chi connectivity index (χ0v) is 8.62. The molecule has 0 radical (unpaired) electrons. The van der Waals surface area contributed by atoms with E-state index in [1.807, 2.05) is 22.2 Å². The molecule has 2 rings (SSSR count). The van der Waals surface area contributed by atoms with Gasteiger partial charge < -0.3 is 4.57 Å². The number of thiophene rings is 1. The number of aromatic nitrogens is 2. The fourth-order valence-corrected chi connectivity index (χ4v) is 2.19. The van der Waals surface area contributed by atoms with Crippen molar-refractivity contribution in [3.05, 3.63) is 35.0 Å². The molecule has 14 heavy (non-hydrogen) atoms. The quantitative estimate of drug-likeness (QED) is 0.770. The first-order chi connectivity index (χ1) is 6.75. The molecular weight excluding hydrogens is 196 g/mol. The summed E-state index contributed by atoms with van der Waals surface area (Å²) in [5.74, 6) is 0.198. The van der Waals surface area contributed by atoms with Gasteiger partial charge in [0, 0.05) is 29.1 Å². The Morgan fingerprint density at radius 3 is 3.14 bits per heavy atom. The normalized spacial score (nSPS) is 10.4. The van der Waals surface area contributed by atoms with Gasteiger partial charge in [-0.2, -0.15) is 0 Å². The van der Waals surface area contributed by atoms with E-state index < -0.39 is 0 Å². The van der Waals surface area contributed by atoms with E-state index in [0.717, 1.165) is 10.6 Å². The molecular formula is C10H10N2OS. The minimum Gasteiger partial charge on any atom is -0.305 e. The summed E-state index contributed by atoms with van der Waals surface area (Å²) < 4.78 is 1.93. The number of carbonyl (C=O) groups excluding carboxylic acids is 1. The van der Waals surface area contributed by atoms with E-state index in [-0.39, 0.29) is 5.78 Å². The van der Waals surface area contributed by atoms with Crippen molar-refractivity contribution in [2.45, 2.75) is 13.3 Å². The van der Waals surface area contributed by atoms with E-state index in [1.54, 1.807) is 30.8 Å². The molecule has 0 saturated carbocycles. The van der Waals surface area contributed by atoms with E-state index in [2.05, 4.69) is 4.98 Å². The molecule has 2 heterocycles. The number of hydrogen-bond donors (Lipinski definition) is 0. The Balaban J connectivity index is 2.22. The lowest BCUT2D eigenvalue weighted by Gasteiger charge is -1.94. The summed E-state index contributed by atoms with van der Waals surface area (Å²) in [6.45, 7) is 1.61. The zero-order chi connectivity index (χ0) is 9.97. The van der Waals surface area contributed by atoms with Crippen LogP contribution < -0.4 is 0 Å². The highest BCUT2D eigenvalue weighted by atomic mass is 32.1. The van der Waals surface area contributed by atoms with Gasteiger partial charge in [0.05, 0.1) is 12.0 Å². The van der Waals surface area contributed by atoms with Gasteiger partial charge in [0.25, 0.3) is 0 Å². The lowest BCUT2D eigenvalue weighted by molar-refractivity contribution is -0.116. The largest absolute Gasteiger partial charge is 0.305 e. The Morgan fingerprint density at radius 2 is 2.50 bits per heavy atom. The average molecular weight is 206 g/mol. The van der Waals surface area contributed by atoms with E-state index >= 15 is 0 Å². The van der Waals surface area contributed by atoms with Crippen LogP contribution in [-0.4, -0.2) is 15.3 Å². The van der Waals surface area contributed by atoms with Crippen LogP contribution in [0.5, 0.6) is 0 Å². The SMILES string of the molecule is CC(=O)Cc1cc(-n2ccnc2)cs1. The maximum absolute atomic E-state index is 10.9. The molecule has 0 spiro atoms. The van der Waals surface area contributed by atoms with Crippen LogP contribution in [0.15, 0.2) is 30.2 Å². The molecule has 0 atom stereocenters. The average Bonchev–Trinajstić information content (AvgIpc) is 2.69. The molecule has 4 heteroatoms. The zero-order valence-electron chi connectivity index (χ0n) is 7.80. The van der Waals surface area contributed by atoms with Crippen LogP contribution in [0.4, 0.5) is 0 Å². The van der Waals surface area contributed by atoms with E-state index in [9.17, 15) is 4.79 Å². The summed E-state index contributed by atoms with van der Waals surface area (Å²) >= 11 is 1.61. The molecule has 0 aromatic carbocycles. The van der Waals surface area contributed by atoms with Gasteiger partial charge in [-0.15, -0.1) is 11.3 Å². The second kappa shape index (κ2) is 3.75. The third-order valence-corrected chi connectivity index (χ3v) is 2.79. The first-order valence-electron chi connectivity index (χ1n) is 4.31. The summed E-state index contributed by atoms with van der Waals surface area (Å²) in [5.41, 5.74) is 1.07. The van der Waals surface area contributed by atoms with Gasteiger partial charge in [0.1, 0.15) is 5.78 Å². The number of nitrogens with zero attached hydrogens (tertiary/aromatic N) is 2. The van der Waals surface area contributed by atoms with Crippen molar-refractivity contribution >= 4 is 17.1 Å². The van der Waals surface area contributed by atoms with Crippen LogP contribution in [0, 0.1) is 0 Å². The standard InChI is InChI=1S/C10H10N2OS/c1-8(13)4-10-5-9(6-14-10)12-3-2-11-7-12/h2-3,5-7H,4H2,1H3. The minimum absolute atomic E-state index is 0.198. The number of Topliss-reactive ketones (excluding diaryl/α,β-unsaturated/α-hetero) is 1. The highest BCUT2D eigenvalue weighted by molar-refractivity contribution is 7.10. The number of carbonyl (C=O) groups is 1. The molecule has 0 saturated heterocycles. The monoisotopic (exact) mass is 206 g/mol. The molecule has 0 aliphatic heterocycles. The first kappa shape index (κ1) is 9.15. The Kier molecular flexibility index (Phi) is 2.45. The van der Waals surface area contributed by atoms with Crippen LogP contribution in [0.1, 0.15) is 11.8 Å². The van der Waals surface area contributed by atoms with Crippen LogP contribution in [0.2, 0.25) is 0 Å². The second-order valence-electron chi connectivity index (χ2n) is 3.12. The van der Waals surface area contributed by atoms with Gasteiger partial charge in [-0.3, -0.25) is 4.79 Å². The Bertz CT molecular complexity index is 431. The number of hydrogen-bond acceptors (Lipinski definition) is 3. The minimum atomic E-state index is 0.198. The molecule has 0 aliphatic carbocycles. The molecule has 0 aliphatic rings. The smallest absolute Gasteiger partial charge is 0.135 e. The molecule has 0 fully saturated rings. The lowest BCUT2D eigenvalue weighted by Crippen LogP contribution is -1.93. The van der Waals surface area contributed by atoms with Crippen LogP contribution in [0.3, 0.4) is 0 Å². The maximum Gasteiger partial charge on any atom is 0.135 e.